The van der Waals surface area contributed by atoms with Crippen molar-refractivity contribution in [2.75, 3.05) is 6.61 Å². The van der Waals surface area contributed by atoms with E-state index in [0.29, 0.717) is 12.5 Å². The number of hydrogen-bond acceptors (Lipinski definition) is 2. The summed E-state index contributed by atoms with van der Waals surface area (Å²) < 4.78 is 5.16. The molecule has 0 spiro atoms. The normalized spacial score (nSPS) is 14.4. The standard InChI is InChI=1S/C10H22O2Si/c1-7-12-10(11)9(8(2)3)13(4,5)6/h8,11H,7H2,1-6H3. The Morgan fingerprint density at radius 2 is 1.77 bits per heavy atom. The quantitative estimate of drug-likeness (QED) is 0.560. The Kier molecular flexibility index (Phi) is 4.54. The summed E-state index contributed by atoms with van der Waals surface area (Å²) >= 11 is 0. The molecule has 0 saturated carbocycles. The maximum atomic E-state index is 9.71. The fourth-order valence-electron chi connectivity index (χ4n) is 1.65. The Labute approximate surface area is 82.6 Å². The number of rotatable bonds is 4. The Bertz CT molecular complexity index is 190. The van der Waals surface area contributed by atoms with Crippen molar-refractivity contribution in [3.63, 3.8) is 0 Å². The molecule has 0 saturated heterocycles. The molecule has 0 amide bonds. The summed E-state index contributed by atoms with van der Waals surface area (Å²) in [6.45, 7) is 13.3. The molecule has 0 aromatic heterocycles. The summed E-state index contributed by atoms with van der Waals surface area (Å²) in [6.07, 6.45) is 0. The van der Waals surface area contributed by atoms with Crippen LogP contribution in [-0.2, 0) is 4.74 Å². The van der Waals surface area contributed by atoms with Gasteiger partial charge in [0.05, 0.1) is 14.7 Å². The topological polar surface area (TPSA) is 29.5 Å². The van der Waals surface area contributed by atoms with Crippen molar-refractivity contribution in [2.24, 2.45) is 5.92 Å². The van der Waals surface area contributed by atoms with E-state index in [1.165, 1.54) is 0 Å². The highest BCUT2D eigenvalue weighted by Crippen LogP contribution is 2.25. The molecule has 1 N–H and O–H groups in total. The van der Waals surface area contributed by atoms with E-state index in [9.17, 15) is 5.11 Å². The Balaban J connectivity index is 4.89. The van der Waals surface area contributed by atoms with Crippen LogP contribution in [0.4, 0.5) is 0 Å². The monoisotopic (exact) mass is 202 g/mol. The molecular formula is C10H22O2Si. The molecular weight excluding hydrogens is 180 g/mol. The summed E-state index contributed by atoms with van der Waals surface area (Å²) in [5, 5.41) is 10.8. The molecule has 0 atom stereocenters. The van der Waals surface area contributed by atoms with Gasteiger partial charge in [-0.2, -0.15) is 0 Å². The van der Waals surface area contributed by atoms with Crippen LogP contribution in [0.25, 0.3) is 0 Å². The van der Waals surface area contributed by atoms with Crippen LogP contribution in [0, 0.1) is 5.92 Å². The molecule has 78 valence electrons. The number of hydrogen-bond donors (Lipinski definition) is 1. The molecule has 0 aliphatic heterocycles. The minimum Gasteiger partial charge on any atom is -0.481 e. The molecule has 0 fully saturated rings. The van der Waals surface area contributed by atoms with Crippen LogP contribution in [0.15, 0.2) is 11.1 Å². The van der Waals surface area contributed by atoms with Gasteiger partial charge in [-0.15, -0.1) is 0 Å². The van der Waals surface area contributed by atoms with Crippen molar-refractivity contribution in [3.05, 3.63) is 11.1 Å². The number of aliphatic hydroxyl groups excluding tert-OH is 1. The fraction of sp³-hybridized carbons (Fsp3) is 0.800. The van der Waals surface area contributed by atoms with Gasteiger partial charge >= 0.3 is 0 Å². The van der Waals surface area contributed by atoms with Gasteiger partial charge in [0.2, 0.25) is 0 Å². The first-order valence-electron chi connectivity index (χ1n) is 4.87. The van der Waals surface area contributed by atoms with Crippen molar-refractivity contribution in [1.82, 2.24) is 0 Å². The summed E-state index contributed by atoms with van der Waals surface area (Å²) in [5.41, 5.74) is 0. The van der Waals surface area contributed by atoms with Crippen molar-refractivity contribution in [1.29, 1.82) is 0 Å². The van der Waals surface area contributed by atoms with E-state index in [4.69, 9.17) is 4.74 Å². The van der Waals surface area contributed by atoms with E-state index in [1.807, 2.05) is 6.92 Å². The number of ether oxygens (including phenoxy) is 1. The van der Waals surface area contributed by atoms with Gasteiger partial charge in [0.15, 0.2) is 0 Å². The molecule has 0 aromatic rings. The average Bonchev–Trinajstić information content (AvgIpc) is 1.82. The lowest BCUT2D eigenvalue weighted by Crippen LogP contribution is -2.29. The van der Waals surface area contributed by atoms with Crippen LogP contribution in [0.5, 0.6) is 0 Å². The summed E-state index contributed by atoms with van der Waals surface area (Å²) in [7, 11) is -1.45. The van der Waals surface area contributed by atoms with Crippen molar-refractivity contribution in [2.45, 2.75) is 40.4 Å². The van der Waals surface area contributed by atoms with E-state index in [0.717, 1.165) is 5.20 Å². The average molecular weight is 202 g/mol. The molecule has 0 heterocycles. The SMILES string of the molecule is CCOC(O)=C(C(C)C)[Si](C)(C)C. The van der Waals surface area contributed by atoms with Crippen LogP contribution in [-0.4, -0.2) is 19.8 Å². The second-order valence-corrected chi connectivity index (χ2v) is 9.60. The van der Waals surface area contributed by atoms with E-state index in [1.54, 1.807) is 0 Å². The van der Waals surface area contributed by atoms with Gasteiger partial charge in [-0.1, -0.05) is 33.5 Å². The van der Waals surface area contributed by atoms with E-state index < -0.39 is 8.07 Å². The molecule has 0 aliphatic carbocycles. The molecule has 13 heavy (non-hydrogen) atoms. The van der Waals surface area contributed by atoms with Crippen LogP contribution in [0.2, 0.25) is 19.6 Å². The van der Waals surface area contributed by atoms with E-state index >= 15 is 0 Å². The Morgan fingerprint density at radius 1 is 1.31 bits per heavy atom. The Hall–Kier alpha value is -0.443. The molecule has 0 aromatic carbocycles. The molecule has 3 heteroatoms. The van der Waals surface area contributed by atoms with Crippen LogP contribution in [0.1, 0.15) is 20.8 Å². The summed E-state index contributed by atoms with van der Waals surface area (Å²) in [6, 6.07) is 0. The predicted octanol–water partition coefficient (Wildman–Crippen LogP) is 3.33. The summed E-state index contributed by atoms with van der Waals surface area (Å²) in [4.78, 5) is 0. The molecule has 2 nitrogen and oxygen atoms in total. The van der Waals surface area contributed by atoms with Crippen LogP contribution in [0.3, 0.4) is 0 Å². The zero-order valence-electron chi connectivity index (χ0n) is 9.64. The van der Waals surface area contributed by atoms with Crippen molar-refractivity contribution < 1.29 is 9.84 Å². The molecule has 0 aliphatic rings. The van der Waals surface area contributed by atoms with E-state index in [2.05, 4.69) is 33.5 Å². The minimum absolute atomic E-state index is 0.164. The smallest absolute Gasteiger partial charge is 0.271 e. The Morgan fingerprint density at radius 3 is 2.00 bits per heavy atom. The number of allylic oxidation sites excluding steroid dienone is 1. The lowest BCUT2D eigenvalue weighted by Gasteiger charge is -2.25. The first-order chi connectivity index (χ1) is 5.80. The summed E-state index contributed by atoms with van der Waals surface area (Å²) in [5.74, 6) is 0.537. The molecule has 0 radical (unpaired) electrons. The van der Waals surface area contributed by atoms with Crippen LogP contribution < -0.4 is 0 Å². The lowest BCUT2D eigenvalue weighted by atomic mass is 10.2. The zero-order chi connectivity index (χ0) is 10.6. The maximum Gasteiger partial charge on any atom is 0.271 e. The molecule has 0 unspecified atom stereocenters. The highest BCUT2D eigenvalue weighted by molar-refractivity contribution is 6.83. The van der Waals surface area contributed by atoms with Gasteiger partial charge in [0.1, 0.15) is 0 Å². The second kappa shape index (κ2) is 4.70. The number of aliphatic hydroxyl groups is 1. The van der Waals surface area contributed by atoms with Gasteiger partial charge in [-0.3, -0.25) is 0 Å². The third-order valence-corrected chi connectivity index (χ3v) is 4.30. The first-order valence-corrected chi connectivity index (χ1v) is 8.37. The van der Waals surface area contributed by atoms with Crippen LogP contribution >= 0.6 is 0 Å². The van der Waals surface area contributed by atoms with Crippen molar-refractivity contribution >= 4 is 8.07 Å². The molecule has 0 rings (SSSR count). The van der Waals surface area contributed by atoms with Gasteiger partial charge in [-0.25, -0.2) is 0 Å². The van der Waals surface area contributed by atoms with Gasteiger partial charge in [-0.05, 0) is 18.0 Å². The first kappa shape index (κ1) is 12.6. The maximum absolute atomic E-state index is 9.71. The largest absolute Gasteiger partial charge is 0.481 e. The highest BCUT2D eigenvalue weighted by Gasteiger charge is 2.27. The third kappa shape index (κ3) is 3.85. The van der Waals surface area contributed by atoms with Gasteiger partial charge < -0.3 is 9.84 Å². The highest BCUT2D eigenvalue weighted by atomic mass is 28.3. The lowest BCUT2D eigenvalue weighted by molar-refractivity contribution is 0.0975. The van der Waals surface area contributed by atoms with Gasteiger partial charge in [0, 0.05) is 0 Å². The van der Waals surface area contributed by atoms with E-state index in [-0.39, 0.29) is 5.95 Å². The second-order valence-electron chi connectivity index (χ2n) is 4.56. The predicted molar refractivity (Wildman–Crippen MR) is 59.5 cm³/mol. The zero-order valence-corrected chi connectivity index (χ0v) is 10.6. The van der Waals surface area contributed by atoms with Gasteiger partial charge in [0.25, 0.3) is 5.95 Å². The van der Waals surface area contributed by atoms with Crippen molar-refractivity contribution in [3.8, 4) is 0 Å². The molecule has 0 bridgehead atoms. The third-order valence-electron chi connectivity index (χ3n) is 1.90. The fourth-order valence-corrected chi connectivity index (χ4v) is 4.09. The minimum atomic E-state index is -1.45.